The van der Waals surface area contributed by atoms with Crippen LogP contribution >= 0.6 is 11.6 Å². The summed E-state index contributed by atoms with van der Waals surface area (Å²) in [6, 6.07) is 6.63. The summed E-state index contributed by atoms with van der Waals surface area (Å²) in [6.07, 6.45) is 6.48. The van der Waals surface area contributed by atoms with Crippen molar-refractivity contribution in [3.05, 3.63) is 28.8 Å². The molecule has 3 heteroatoms. The van der Waals surface area contributed by atoms with Crippen LogP contribution in [0.25, 0.3) is 0 Å². The highest BCUT2D eigenvalue weighted by Crippen LogP contribution is 2.38. The van der Waals surface area contributed by atoms with Crippen molar-refractivity contribution >= 4 is 11.6 Å². The Hall–Kier alpha value is -0.730. The zero-order valence-electron chi connectivity index (χ0n) is 13.5. The van der Waals surface area contributed by atoms with Crippen LogP contribution < -0.4 is 10.1 Å². The Balaban J connectivity index is 2.18. The van der Waals surface area contributed by atoms with E-state index in [1.54, 1.807) is 7.11 Å². The van der Waals surface area contributed by atoms with Crippen molar-refractivity contribution in [2.45, 2.75) is 52.0 Å². The fourth-order valence-corrected chi connectivity index (χ4v) is 3.54. The van der Waals surface area contributed by atoms with Gasteiger partial charge in [-0.1, -0.05) is 44.4 Å². The second-order valence-electron chi connectivity index (χ2n) is 6.35. The third kappa shape index (κ3) is 4.37. The molecule has 21 heavy (non-hydrogen) atoms. The summed E-state index contributed by atoms with van der Waals surface area (Å²) in [4.78, 5) is 0. The summed E-state index contributed by atoms with van der Waals surface area (Å²) in [5.74, 6) is 2.38. The third-order valence-electron chi connectivity index (χ3n) is 4.68. The molecule has 0 radical (unpaired) electrons. The molecule has 0 bridgehead atoms. The van der Waals surface area contributed by atoms with E-state index in [1.165, 1.54) is 31.2 Å². The van der Waals surface area contributed by atoms with E-state index in [4.69, 9.17) is 16.3 Å². The first-order valence-electron chi connectivity index (χ1n) is 8.22. The summed E-state index contributed by atoms with van der Waals surface area (Å²) in [5, 5.41) is 4.43. The van der Waals surface area contributed by atoms with Gasteiger partial charge in [-0.3, -0.25) is 0 Å². The molecule has 0 spiro atoms. The van der Waals surface area contributed by atoms with Gasteiger partial charge in [-0.15, -0.1) is 0 Å². The number of benzene rings is 1. The Kier molecular flexibility index (Phi) is 6.38. The maximum absolute atomic E-state index is 6.16. The van der Waals surface area contributed by atoms with Crippen LogP contribution in [0.2, 0.25) is 5.02 Å². The number of hydrogen-bond donors (Lipinski definition) is 1. The average molecular weight is 310 g/mol. The van der Waals surface area contributed by atoms with Gasteiger partial charge < -0.3 is 10.1 Å². The van der Waals surface area contributed by atoms with Gasteiger partial charge in [0.15, 0.2) is 0 Å². The molecule has 2 rings (SSSR count). The first-order valence-corrected chi connectivity index (χ1v) is 8.60. The van der Waals surface area contributed by atoms with E-state index < -0.39 is 0 Å². The third-order valence-corrected chi connectivity index (χ3v) is 4.99. The van der Waals surface area contributed by atoms with Gasteiger partial charge in [0.2, 0.25) is 0 Å². The second kappa shape index (κ2) is 8.05. The lowest BCUT2D eigenvalue weighted by atomic mass is 9.77. The van der Waals surface area contributed by atoms with Gasteiger partial charge >= 0.3 is 0 Å². The van der Waals surface area contributed by atoms with E-state index in [2.05, 4.69) is 31.3 Å². The SMILES string of the molecule is CCCNC(c1ccc(Cl)c(OC)c1)C1CCC(C)CC1. The largest absolute Gasteiger partial charge is 0.495 e. The Morgan fingerprint density at radius 1 is 1.29 bits per heavy atom. The molecule has 0 saturated heterocycles. The minimum absolute atomic E-state index is 0.420. The Labute approximate surface area is 134 Å². The molecule has 1 fully saturated rings. The topological polar surface area (TPSA) is 21.3 Å². The highest BCUT2D eigenvalue weighted by Gasteiger charge is 2.27. The van der Waals surface area contributed by atoms with E-state index in [0.29, 0.717) is 11.1 Å². The summed E-state index contributed by atoms with van der Waals surface area (Å²) < 4.78 is 5.38. The number of methoxy groups -OCH3 is 1. The molecule has 1 atom stereocenters. The normalized spacial score (nSPS) is 23.8. The van der Waals surface area contributed by atoms with Crippen LogP contribution in [0.15, 0.2) is 18.2 Å². The van der Waals surface area contributed by atoms with E-state index in [1.807, 2.05) is 6.07 Å². The maximum Gasteiger partial charge on any atom is 0.137 e. The van der Waals surface area contributed by atoms with Crippen LogP contribution in [0.5, 0.6) is 5.75 Å². The molecule has 1 aromatic carbocycles. The quantitative estimate of drug-likeness (QED) is 0.778. The van der Waals surface area contributed by atoms with Crippen molar-refractivity contribution in [2.75, 3.05) is 13.7 Å². The number of ether oxygens (including phenoxy) is 1. The van der Waals surface area contributed by atoms with Crippen LogP contribution in [-0.4, -0.2) is 13.7 Å². The summed E-state index contributed by atoms with van der Waals surface area (Å²) in [6.45, 7) is 5.65. The first-order chi connectivity index (χ1) is 10.2. The van der Waals surface area contributed by atoms with Crippen molar-refractivity contribution in [1.29, 1.82) is 0 Å². The standard InChI is InChI=1S/C18H28ClNO/c1-4-11-20-18(14-7-5-13(2)6-8-14)15-9-10-16(19)17(12-15)21-3/h9-10,12-14,18,20H,4-8,11H2,1-3H3. The molecule has 1 unspecified atom stereocenters. The van der Waals surface area contributed by atoms with Crippen molar-refractivity contribution in [2.24, 2.45) is 11.8 Å². The molecule has 118 valence electrons. The molecule has 1 saturated carbocycles. The van der Waals surface area contributed by atoms with Crippen molar-refractivity contribution < 1.29 is 4.74 Å². The van der Waals surface area contributed by atoms with Crippen molar-refractivity contribution in [1.82, 2.24) is 5.32 Å². The smallest absolute Gasteiger partial charge is 0.137 e. The van der Waals surface area contributed by atoms with E-state index >= 15 is 0 Å². The predicted molar refractivity (Wildman–Crippen MR) is 90.2 cm³/mol. The fourth-order valence-electron chi connectivity index (χ4n) is 3.35. The van der Waals surface area contributed by atoms with Gasteiger partial charge in [0.1, 0.15) is 5.75 Å². The van der Waals surface area contributed by atoms with Gasteiger partial charge in [0, 0.05) is 6.04 Å². The summed E-state index contributed by atoms with van der Waals surface area (Å²) >= 11 is 6.16. The maximum atomic E-state index is 6.16. The molecule has 1 aliphatic rings. The van der Waals surface area contributed by atoms with Gasteiger partial charge in [-0.25, -0.2) is 0 Å². The van der Waals surface area contributed by atoms with Crippen LogP contribution in [0.1, 0.15) is 57.6 Å². The Morgan fingerprint density at radius 3 is 2.62 bits per heavy atom. The van der Waals surface area contributed by atoms with E-state index in [9.17, 15) is 0 Å². The number of rotatable bonds is 6. The molecule has 1 N–H and O–H groups in total. The van der Waals surface area contributed by atoms with Gasteiger partial charge in [-0.2, -0.15) is 0 Å². The summed E-state index contributed by atoms with van der Waals surface area (Å²) in [5.41, 5.74) is 1.31. The second-order valence-corrected chi connectivity index (χ2v) is 6.75. The number of hydrogen-bond acceptors (Lipinski definition) is 2. The molecule has 0 aliphatic heterocycles. The Morgan fingerprint density at radius 2 is 2.00 bits per heavy atom. The molecule has 0 amide bonds. The van der Waals surface area contributed by atoms with Crippen molar-refractivity contribution in [3.63, 3.8) is 0 Å². The minimum Gasteiger partial charge on any atom is -0.495 e. The predicted octanol–water partition coefficient (Wildman–Crippen LogP) is 5.22. The molecule has 0 aromatic heterocycles. The summed E-state index contributed by atoms with van der Waals surface area (Å²) in [7, 11) is 1.68. The monoisotopic (exact) mass is 309 g/mol. The Bertz CT molecular complexity index is 441. The van der Waals surface area contributed by atoms with Crippen LogP contribution in [-0.2, 0) is 0 Å². The van der Waals surface area contributed by atoms with Gasteiger partial charge in [0.05, 0.1) is 12.1 Å². The zero-order valence-corrected chi connectivity index (χ0v) is 14.2. The van der Waals surface area contributed by atoms with E-state index in [0.717, 1.165) is 30.6 Å². The molecular weight excluding hydrogens is 282 g/mol. The van der Waals surface area contributed by atoms with Gasteiger partial charge in [-0.05, 0) is 55.3 Å². The molecule has 1 aliphatic carbocycles. The molecule has 2 nitrogen and oxygen atoms in total. The van der Waals surface area contributed by atoms with Crippen LogP contribution in [0, 0.1) is 11.8 Å². The van der Waals surface area contributed by atoms with Crippen LogP contribution in [0.4, 0.5) is 0 Å². The lowest BCUT2D eigenvalue weighted by Crippen LogP contribution is -2.31. The van der Waals surface area contributed by atoms with Crippen molar-refractivity contribution in [3.8, 4) is 5.75 Å². The fraction of sp³-hybridized carbons (Fsp3) is 0.667. The van der Waals surface area contributed by atoms with Gasteiger partial charge in [0.25, 0.3) is 0 Å². The molecule has 0 heterocycles. The molecular formula is C18H28ClNO. The molecule has 1 aromatic rings. The number of halogens is 1. The first kappa shape index (κ1) is 16.6. The average Bonchev–Trinajstić information content (AvgIpc) is 2.50. The minimum atomic E-state index is 0.420. The highest BCUT2D eigenvalue weighted by molar-refractivity contribution is 6.32. The zero-order chi connectivity index (χ0) is 15.2. The lowest BCUT2D eigenvalue weighted by Gasteiger charge is -2.34. The van der Waals surface area contributed by atoms with E-state index in [-0.39, 0.29) is 0 Å². The number of nitrogens with one attached hydrogen (secondary N) is 1. The lowest BCUT2D eigenvalue weighted by molar-refractivity contribution is 0.231. The highest BCUT2D eigenvalue weighted by atomic mass is 35.5. The van der Waals surface area contributed by atoms with Crippen LogP contribution in [0.3, 0.4) is 0 Å².